The van der Waals surface area contributed by atoms with Crippen LogP contribution >= 0.6 is 0 Å². The van der Waals surface area contributed by atoms with Crippen LogP contribution < -0.4 is 10.1 Å². The fraction of sp³-hybridized carbons (Fsp3) is 0.200. The molecule has 3 heteroatoms. The number of para-hydroxylation sites is 1. The van der Waals surface area contributed by atoms with Crippen molar-refractivity contribution in [2.45, 2.75) is 6.04 Å². The van der Waals surface area contributed by atoms with Crippen LogP contribution in [-0.2, 0) is 0 Å². The van der Waals surface area contributed by atoms with Gasteiger partial charge in [0.25, 0.3) is 0 Å². The number of hydrogen-bond acceptors (Lipinski definition) is 2. The van der Waals surface area contributed by atoms with Crippen molar-refractivity contribution in [3.05, 3.63) is 65.5 Å². The molecule has 18 heavy (non-hydrogen) atoms. The van der Waals surface area contributed by atoms with E-state index in [1.54, 1.807) is 0 Å². The van der Waals surface area contributed by atoms with E-state index in [2.05, 4.69) is 5.32 Å². The zero-order valence-corrected chi connectivity index (χ0v) is 9.90. The molecule has 0 radical (unpaired) electrons. The molecule has 2 aromatic rings. The lowest BCUT2D eigenvalue weighted by Crippen LogP contribution is -2.23. The minimum atomic E-state index is -0.211. The maximum atomic E-state index is 13.0. The van der Waals surface area contributed by atoms with Gasteiger partial charge in [-0.2, -0.15) is 0 Å². The van der Waals surface area contributed by atoms with Gasteiger partial charge in [-0.3, -0.25) is 0 Å². The molecule has 0 fully saturated rings. The molecule has 0 spiro atoms. The molecule has 3 rings (SSSR count). The first-order chi connectivity index (χ1) is 8.84. The van der Waals surface area contributed by atoms with Gasteiger partial charge in [-0.05, 0) is 23.8 Å². The molecule has 92 valence electrons. The Balaban J connectivity index is 2.03. The Hall–Kier alpha value is -1.87. The molecular formula is C15H14FNO. The Labute approximate surface area is 105 Å². The van der Waals surface area contributed by atoms with E-state index in [9.17, 15) is 4.39 Å². The topological polar surface area (TPSA) is 21.3 Å². The molecule has 1 heterocycles. The van der Waals surface area contributed by atoms with Crippen LogP contribution in [0.25, 0.3) is 0 Å². The van der Waals surface area contributed by atoms with Crippen molar-refractivity contribution in [3.8, 4) is 5.75 Å². The minimum absolute atomic E-state index is 0.0595. The smallest absolute Gasteiger partial charge is 0.124 e. The summed E-state index contributed by atoms with van der Waals surface area (Å²) in [7, 11) is 0. The van der Waals surface area contributed by atoms with Crippen LogP contribution in [0.3, 0.4) is 0 Å². The largest absolute Gasteiger partial charge is 0.492 e. The maximum absolute atomic E-state index is 13.0. The Morgan fingerprint density at radius 3 is 2.67 bits per heavy atom. The Morgan fingerprint density at radius 1 is 1.06 bits per heavy atom. The number of ether oxygens (including phenoxy) is 1. The van der Waals surface area contributed by atoms with E-state index >= 15 is 0 Å². The van der Waals surface area contributed by atoms with Crippen LogP contribution in [-0.4, -0.2) is 13.2 Å². The highest BCUT2D eigenvalue weighted by molar-refractivity contribution is 5.42. The number of benzene rings is 2. The van der Waals surface area contributed by atoms with Crippen molar-refractivity contribution in [3.63, 3.8) is 0 Å². The van der Waals surface area contributed by atoms with E-state index in [0.29, 0.717) is 6.61 Å². The molecule has 0 amide bonds. The molecule has 0 saturated heterocycles. The zero-order valence-electron chi connectivity index (χ0n) is 9.90. The molecule has 0 aliphatic carbocycles. The SMILES string of the molecule is Fc1ccc(C2NCCOc3ccccc32)cc1. The molecule has 1 N–H and O–H groups in total. The van der Waals surface area contributed by atoms with Gasteiger partial charge in [0.05, 0.1) is 6.04 Å². The van der Waals surface area contributed by atoms with Gasteiger partial charge in [-0.25, -0.2) is 4.39 Å². The molecule has 1 atom stereocenters. The summed E-state index contributed by atoms with van der Waals surface area (Å²) in [4.78, 5) is 0. The van der Waals surface area contributed by atoms with Gasteiger partial charge < -0.3 is 10.1 Å². The molecule has 2 aromatic carbocycles. The normalized spacial score (nSPS) is 18.6. The summed E-state index contributed by atoms with van der Waals surface area (Å²) in [6, 6.07) is 14.6. The maximum Gasteiger partial charge on any atom is 0.124 e. The third kappa shape index (κ3) is 2.09. The highest BCUT2D eigenvalue weighted by Crippen LogP contribution is 2.31. The summed E-state index contributed by atoms with van der Waals surface area (Å²) in [5.41, 5.74) is 2.15. The molecule has 2 nitrogen and oxygen atoms in total. The molecule has 1 aliphatic rings. The molecule has 1 unspecified atom stereocenters. The van der Waals surface area contributed by atoms with Gasteiger partial charge in [-0.15, -0.1) is 0 Å². The number of nitrogens with one attached hydrogen (secondary N) is 1. The van der Waals surface area contributed by atoms with Gasteiger partial charge in [0.2, 0.25) is 0 Å². The second-order valence-electron chi connectivity index (χ2n) is 4.32. The van der Waals surface area contributed by atoms with E-state index in [0.717, 1.165) is 23.4 Å². The van der Waals surface area contributed by atoms with Crippen molar-refractivity contribution in [2.75, 3.05) is 13.2 Å². The van der Waals surface area contributed by atoms with Crippen LogP contribution in [0.5, 0.6) is 5.75 Å². The molecule has 1 aliphatic heterocycles. The van der Waals surface area contributed by atoms with E-state index in [-0.39, 0.29) is 11.9 Å². The first kappa shape index (κ1) is 11.2. The second-order valence-corrected chi connectivity index (χ2v) is 4.32. The fourth-order valence-corrected chi connectivity index (χ4v) is 2.28. The van der Waals surface area contributed by atoms with Crippen LogP contribution in [0, 0.1) is 5.82 Å². The zero-order chi connectivity index (χ0) is 12.4. The third-order valence-corrected chi connectivity index (χ3v) is 3.14. The van der Waals surface area contributed by atoms with Crippen molar-refractivity contribution in [1.82, 2.24) is 5.32 Å². The fourth-order valence-electron chi connectivity index (χ4n) is 2.28. The van der Waals surface area contributed by atoms with Gasteiger partial charge >= 0.3 is 0 Å². The predicted molar refractivity (Wildman–Crippen MR) is 68.2 cm³/mol. The summed E-state index contributed by atoms with van der Waals surface area (Å²) in [5.74, 6) is 0.689. The molecular weight excluding hydrogens is 229 g/mol. The lowest BCUT2D eigenvalue weighted by atomic mass is 9.98. The summed E-state index contributed by atoms with van der Waals surface area (Å²) < 4.78 is 18.7. The number of fused-ring (bicyclic) bond motifs is 1. The van der Waals surface area contributed by atoms with Crippen molar-refractivity contribution in [2.24, 2.45) is 0 Å². The van der Waals surface area contributed by atoms with Crippen LogP contribution in [0.15, 0.2) is 48.5 Å². The van der Waals surface area contributed by atoms with E-state index in [1.807, 2.05) is 36.4 Å². The highest BCUT2D eigenvalue weighted by Gasteiger charge is 2.20. The lowest BCUT2D eigenvalue weighted by molar-refractivity contribution is 0.325. The van der Waals surface area contributed by atoms with Crippen molar-refractivity contribution >= 4 is 0 Å². The second kappa shape index (κ2) is 4.78. The Morgan fingerprint density at radius 2 is 1.83 bits per heavy atom. The third-order valence-electron chi connectivity index (χ3n) is 3.14. The Kier molecular flexibility index (Phi) is 2.99. The monoisotopic (exact) mass is 243 g/mol. The van der Waals surface area contributed by atoms with Crippen LogP contribution in [0.4, 0.5) is 4.39 Å². The van der Waals surface area contributed by atoms with E-state index in [1.165, 1.54) is 12.1 Å². The predicted octanol–water partition coefficient (Wildman–Crippen LogP) is 2.90. The van der Waals surface area contributed by atoms with Gasteiger partial charge in [0.1, 0.15) is 18.2 Å². The minimum Gasteiger partial charge on any atom is -0.492 e. The van der Waals surface area contributed by atoms with Crippen molar-refractivity contribution in [1.29, 1.82) is 0 Å². The summed E-state index contributed by atoms with van der Waals surface area (Å²) in [5, 5.41) is 3.43. The number of halogens is 1. The lowest BCUT2D eigenvalue weighted by Gasteiger charge is -2.18. The van der Waals surface area contributed by atoms with E-state index in [4.69, 9.17) is 4.74 Å². The standard InChI is InChI=1S/C15H14FNO/c16-12-7-5-11(6-8-12)15-13-3-1-2-4-14(13)18-10-9-17-15/h1-8,15,17H,9-10H2. The van der Waals surface area contributed by atoms with Gasteiger partial charge in [0.15, 0.2) is 0 Å². The van der Waals surface area contributed by atoms with E-state index < -0.39 is 0 Å². The number of hydrogen-bond donors (Lipinski definition) is 1. The first-order valence-electron chi connectivity index (χ1n) is 6.05. The average Bonchev–Trinajstić information content (AvgIpc) is 2.62. The number of rotatable bonds is 1. The molecule has 0 bridgehead atoms. The first-order valence-corrected chi connectivity index (χ1v) is 6.05. The van der Waals surface area contributed by atoms with Gasteiger partial charge in [0, 0.05) is 12.1 Å². The summed E-state index contributed by atoms with van der Waals surface area (Å²) in [6.07, 6.45) is 0. The quantitative estimate of drug-likeness (QED) is 0.831. The molecule has 0 saturated carbocycles. The highest BCUT2D eigenvalue weighted by atomic mass is 19.1. The average molecular weight is 243 g/mol. The van der Waals surface area contributed by atoms with Crippen molar-refractivity contribution < 1.29 is 9.13 Å². The Bertz CT molecular complexity index is 538. The van der Waals surface area contributed by atoms with Crippen LogP contribution in [0.1, 0.15) is 17.2 Å². The van der Waals surface area contributed by atoms with Gasteiger partial charge in [-0.1, -0.05) is 30.3 Å². The summed E-state index contributed by atoms with van der Waals surface area (Å²) >= 11 is 0. The summed E-state index contributed by atoms with van der Waals surface area (Å²) in [6.45, 7) is 1.42. The molecule has 0 aromatic heterocycles. The van der Waals surface area contributed by atoms with Crippen LogP contribution in [0.2, 0.25) is 0 Å².